The molecule has 2 aromatic rings. The van der Waals surface area contributed by atoms with Crippen LogP contribution in [-0.2, 0) is 0 Å². The Bertz CT molecular complexity index is 351. The Balaban J connectivity index is 2.86. The lowest BCUT2D eigenvalue weighted by Gasteiger charge is -1.86. The van der Waals surface area contributed by atoms with Gasteiger partial charge in [0.1, 0.15) is 0 Å². The third-order valence-corrected chi connectivity index (χ3v) is 1.67. The Kier molecular flexibility index (Phi) is 1.18. The number of hydrogen-bond acceptors (Lipinski definition) is 1. The van der Waals surface area contributed by atoms with E-state index in [2.05, 4.69) is 0 Å². The Morgan fingerprint density at radius 2 is 1.90 bits per heavy atom. The van der Waals surface area contributed by atoms with Crippen molar-refractivity contribution in [2.45, 2.75) is 0 Å². The Morgan fingerprint density at radius 1 is 1.10 bits per heavy atom. The van der Waals surface area contributed by atoms with Crippen LogP contribution in [0.3, 0.4) is 0 Å². The molecule has 0 saturated heterocycles. The molecule has 0 radical (unpaired) electrons. The van der Waals surface area contributed by atoms with Crippen molar-refractivity contribution < 1.29 is 4.42 Å². The monoisotopic (exact) mass is 152 g/mol. The van der Waals surface area contributed by atoms with Gasteiger partial charge in [-0.1, -0.05) is 11.6 Å². The standard InChI is InChI=1S/C8H5ClO/c9-8-2-1-6-4-10-5-7(6)3-8/h1-5H. The predicted octanol–water partition coefficient (Wildman–Crippen LogP) is 3.09. The molecule has 0 aliphatic carbocycles. The van der Waals surface area contributed by atoms with Crippen LogP contribution in [0.4, 0.5) is 0 Å². The van der Waals surface area contributed by atoms with Crippen LogP contribution in [0.5, 0.6) is 0 Å². The number of rotatable bonds is 0. The number of hydrogen-bond donors (Lipinski definition) is 0. The molecule has 1 aromatic carbocycles. The first-order valence-corrected chi connectivity index (χ1v) is 3.35. The highest BCUT2D eigenvalue weighted by Crippen LogP contribution is 2.19. The third-order valence-electron chi connectivity index (χ3n) is 1.44. The van der Waals surface area contributed by atoms with E-state index in [1.807, 2.05) is 18.2 Å². The van der Waals surface area contributed by atoms with Gasteiger partial charge in [0.25, 0.3) is 0 Å². The van der Waals surface area contributed by atoms with Crippen LogP contribution in [0.25, 0.3) is 10.8 Å². The van der Waals surface area contributed by atoms with E-state index < -0.39 is 0 Å². The van der Waals surface area contributed by atoms with E-state index in [9.17, 15) is 0 Å². The van der Waals surface area contributed by atoms with Crippen LogP contribution in [-0.4, -0.2) is 0 Å². The molecule has 0 atom stereocenters. The molecule has 1 nitrogen and oxygen atoms in total. The third kappa shape index (κ3) is 0.792. The van der Waals surface area contributed by atoms with Crippen molar-refractivity contribution in [3.05, 3.63) is 35.7 Å². The summed E-state index contributed by atoms with van der Waals surface area (Å²) >= 11 is 5.73. The number of benzene rings is 1. The second-order valence-electron chi connectivity index (χ2n) is 2.15. The summed E-state index contributed by atoms with van der Waals surface area (Å²) in [6.45, 7) is 0. The molecule has 0 bridgehead atoms. The molecule has 50 valence electrons. The molecule has 0 spiro atoms. The van der Waals surface area contributed by atoms with Crippen molar-refractivity contribution >= 4 is 22.4 Å². The highest BCUT2D eigenvalue weighted by atomic mass is 35.5. The summed E-state index contributed by atoms with van der Waals surface area (Å²) in [5, 5.41) is 2.88. The van der Waals surface area contributed by atoms with Crippen molar-refractivity contribution in [3.8, 4) is 0 Å². The Morgan fingerprint density at radius 3 is 2.80 bits per heavy atom. The van der Waals surface area contributed by atoms with Gasteiger partial charge >= 0.3 is 0 Å². The van der Waals surface area contributed by atoms with Crippen molar-refractivity contribution in [1.82, 2.24) is 0 Å². The van der Waals surface area contributed by atoms with Crippen molar-refractivity contribution in [2.75, 3.05) is 0 Å². The fourth-order valence-electron chi connectivity index (χ4n) is 0.936. The summed E-state index contributed by atoms with van der Waals surface area (Å²) in [6, 6.07) is 5.65. The lowest BCUT2D eigenvalue weighted by atomic mass is 10.2. The van der Waals surface area contributed by atoms with Crippen LogP contribution in [0, 0.1) is 0 Å². The maximum atomic E-state index is 5.73. The first-order valence-electron chi connectivity index (χ1n) is 2.98. The molecule has 0 unspecified atom stereocenters. The summed E-state index contributed by atoms with van der Waals surface area (Å²) in [6.07, 6.45) is 3.38. The van der Waals surface area contributed by atoms with Gasteiger partial charge in [-0.2, -0.15) is 0 Å². The summed E-state index contributed by atoms with van der Waals surface area (Å²) in [5.74, 6) is 0. The molecule has 0 saturated carbocycles. The summed E-state index contributed by atoms with van der Waals surface area (Å²) in [5.41, 5.74) is 0. The zero-order valence-corrected chi connectivity index (χ0v) is 5.93. The molecule has 1 heterocycles. The Hall–Kier alpha value is -0.950. The second-order valence-corrected chi connectivity index (χ2v) is 2.58. The molecule has 2 rings (SSSR count). The van der Waals surface area contributed by atoms with Crippen LogP contribution >= 0.6 is 11.6 Å². The maximum absolute atomic E-state index is 5.73. The zero-order valence-electron chi connectivity index (χ0n) is 5.17. The van der Waals surface area contributed by atoms with Gasteiger partial charge in [0, 0.05) is 15.8 Å². The summed E-state index contributed by atoms with van der Waals surface area (Å²) in [4.78, 5) is 0. The van der Waals surface area contributed by atoms with Gasteiger partial charge in [0.15, 0.2) is 0 Å². The lowest BCUT2D eigenvalue weighted by molar-refractivity contribution is 0.572. The van der Waals surface area contributed by atoms with Crippen molar-refractivity contribution in [1.29, 1.82) is 0 Å². The average Bonchev–Trinajstić information content (AvgIpc) is 2.33. The topological polar surface area (TPSA) is 13.1 Å². The van der Waals surface area contributed by atoms with Crippen LogP contribution in [0.1, 0.15) is 0 Å². The van der Waals surface area contributed by atoms with Crippen molar-refractivity contribution in [3.63, 3.8) is 0 Å². The minimum atomic E-state index is 0.744. The molecule has 10 heavy (non-hydrogen) atoms. The number of halogens is 1. The van der Waals surface area contributed by atoms with Gasteiger partial charge in [0.2, 0.25) is 0 Å². The van der Waals surface area contributed by atoms with Gasteiger partial charge < -0.3 is 4.42 Å². The minimum Gasteiger partial charge on any atom is -0.471 e. The molecular weight excluding hydrogens is 148 g/mol. The Labute approximate surface area is 63.2 Å². The predicted molar refractivity (Wildman–Crippen MR) is 41.2 cm³/mol. The molecule has 0 amide bonds. The zero-order chi connectivity index (χ0) is 6.97. The van der Waals surface area contributed by atoms with Crippen LogP contribution in [0.15, 0.2) is 35.1 Å². The van der Waals surface area contributed by atoms with Gasteiger partial charge in [-0.3, -0.25) is 0 Å². The van der Waals surface area contributed by atoms with E-state index in [-0.39, 0.29) is 0 Å². The molecule has 1 aromatic heterocycles. The number of furan rings is 1. The maximum Gasteiger partial charge on any atom is 0.0981 e. The SMILES string of the molecule is Clc1ccc2cocc2c1. The van der Waals surface area contributed by atoms with Crippen molar-refractivity contribution in [2.24, 2.45) is 0 Å². The first kappa shape index (κ1) is 5.81. The normalized spacial score (nSPS) is 10.5. The quantitative estimate of drug-likeness (QED) is 0.566. The lowest BCUT2D eigenvalue weighted by Crippen LogP contribution is -1.62. The molecule has 0 fully saturated rings. The molecule has 2 heteroatoms. The van der Waals surface area contributed by atoms with E-state index >= 15 is 0 Å². The van der Waals surface area contributed by atoms with E-state index in [4.69, 9.17) is 16.0 Å². The second kappa shape index (κ2) is 2.03. The average molecular weight is 153 g/mol. The summed E-state index contributed by atoms with van der Waals surface area (Å²) < 4.78 is 4.96. The first-order chi connectivity index (χ1) is 4.86. The van der Waals surface area contributed by atoms with E-state index in [0.29, 0.717) is 0 Å². The molecule has 0 aliphatic rings. The summed E-state index contributed by atoms with van der Waals surface area (Å²) in [7, 11) is 0. The van der Waals surface area contributed by atoms with Gasteiger partial charge in [0.05, 0.1) is 12.5 Å². The number of fused-ring (bicyclic) bond motifs is 1. The highest BCUT2D eigenvalue weighted by Gasteiger charge is 1.94. The smallest absolute Gasteiger partial charge is 0.0981 e. The molecule has 0 N–H and O–H groups in total. The fourth-order valence-corrected chi connectivity index (χ4v) is 1.12. The van der Waals surface area contributed by atoms with E-state index in [1.54, 1.807) is 12.5 Å². The van der Waals surface area contributed by atoms with E-state index in [1.165, 1.54) is 0 Å². The van der Waals surface area contributed by atoms with Crippen LogP contribution < -0.4 is 0 Å². The van der Waals surface area contributed by atoms with Gasteiger partial charge in [-0.25, -0.2) is 0 Å². The molecular formula is C8H5ClO. The largest absolute Gasteiger partial charge is 0.471 e. The van der Waals surface area contributed by atoms with E-state index in [0.717, 1.165) is 15.8 Å². The van der Waals surface area contributed by atoms with Gasteiger partial charge in [-0.15, -0.1) is 0 Å². The van der Waals surface area contributed by atoms with Gasteiger partial charge in [-0.05, 0) is 18.2 Å². The molecule has 0 aliphatic heterocycles. The van der Waals surface area contributed by atoms with Crippen LogP contribution in [0.2, 0.25) is 5.02 Å². The highest BCUT2D eigenvalue weighted by molar-refractivity contribution is 6.31. The fraction of sp³-hybridized carbons (Fsp3) is 0. The minimum absolute atomic E-state index is 0.744.